The van der Waals surface area contributed by atoms with E-state index in [4.69, 9.17) is 5.86 Å². The van der Waals surface area contributed by atoms with Crippen LogP contribution in [-0.4, -0.2) is 20.2 Å². The van der Waals surface area contributed by atoms with Gasteiger partial charge in [-0.2, -0.15) is 0 Å². The SMILES string of the molecule is [3H]SONC(=O)CCCOCC. The Morgan fingerprint density at radius 3 is 3.27 bits per heavy atom. The van der Waals surface area contributed by atoms with Gasteiger partial charge in [-0.1, -0.05) is 0 Å². The molecule has 0 aliphatic carbocycles. The summed E-state index contributed by atoms with van der Waals surface area (Å²) in [5.74, 6) is -0.227. The Balaban J connectivity index is 3.08. The van der Waals surface area contributed by atoms with Gasteiger partial charge in [-0.15, -0.1) is 0 Å². The number of hydrogen-bond acceptors (Lipinski definition) is 4. The maximum atomic E-state index is 10.8. The number of ether oxygens (including phenoxy) is 1. The van der Waals surface area contributed by atoms with E-state index in [2.05, 4.69) is 9.76 Å². The van der Waals surface area contributed by atoms with Gasteiger partial charge >= 0.3 is 0 Å². The van der Waals surface area contributed by atoms with E-state index in [-0.39, 0.29) is 5.91 Å². The van der Waals surface area contributed by atoms with E-state index >= 15 is 0 Å². The third kappa shape index (κ3) is 7.64. The first-order valence-corrected chi connectivity index (χ1v) is 3.80. The second-order valence-corrected chi connectivity index (χ2v) is 2.08. The zero-order valence-electron chi connectivity index (χ0n) is 7.46. The summed E-state index contributed by atoms with van der Waals surface area (Å²) >= 11 is 0.360. The topological polar surface area (TPSA) is 47.6 Å². The van der Waals surface area contributed by atoms with Crippen LogP contribution >= 0.6 is 12.8 Å². The number of nitrogens with one attached hydrogen (secondary N) is 1. The van der Waals surface area contributed by atoms with Crippen LogP contribution in [0.3, 0.4) is 0 Å². The van der Waals surface area contributed by atoms with E-state index in [9.17, 15) is 4.79 Å². The number of rotatable bonds is 7. The van der Waals surface area contributed by atoms with Crippen molar-refractivity contribution in [3.63, 3.8) is 0 Å². The lowest BCUT2D eigenvalue weighted by Crippen LogP contribution is -2.19. The molecular formula is C6H13NO3S. The van der Waals surface area contributed by atoms with Crippen LogP contribution in [0.15, 0.2) is 0 Å². The third-order valence-electron chi connectivity index (χ3n) is 1.05. The van der Waals surface area contributed by atoms with Crippen LogP contribution in [0.5, 0.6) is 0 Å². The van der Waals surface area contributed by atoms with E-state index < -0.39 is 0 Å². The normalized spacial score (nSPS) is 10.8. The number of carbonyl (C=O) groups excluding carboxylic acids is 1. The molecule has 0 rings (SSSR count). The summed E-state index contributed by atoms with van der Waals surface area (Å²) in [7, 11) is 0. The van der Waals surface area contributed by atoms with Crippen molar-refractivity contribution in [2.45, 2.75) is 19.8 Å². The lowest BCUT2D eigenvalue weighted by atomic mass is 10.3. The van der Waals surface area contributed by atoms with Gasteiger partial charge in [0.2, 0.25) is 5.91 Å². The molecule has 1 amide bonds. The molecule has 4 nitrogen and oxygen atoms in total. The molecule has 0 bridgehead atoms. The van der Waals surface area contributed by atoms with Gasteiger partial charge < -0.3 is 4.74 Å². The Morgan fingerprint density at radius 1 is 1.82 bits per heavy atom. The van der Waals surface area contributed by atoms with Crippen molar-refractivity contribution < 1.29 is 13.8 Å². The summed E-state index contributed by atoms with van der Waals surface area (Å²) in [5, 5.41) is 0. The fourth-order valence-corrected chi connectivity index (χ4v) is 0.670. The molecule has 5 heteroatoms. The van der Waals surface area contributed by atoms with Crippen LogP contribution in [0.4, 0.5) is 0 Å². The van der Waals surface area contributed by atoms with Crippen LogP contribution in [0.1, 0.15) is 19.8 Å². The van der Waals surface area contributed by atoms with E-state index in [1.807, 2.05) is 6.92 Å². The smallest absolute Gasteiger partial charge is 0.244 e. The van der Waals surface area contributed by atoms with Gasteiger partial charge in [-0.3, -0.25) is 4.79 Å². The number of carbonyl (C=O) groups is 1. The molecule has 0 unspecified atom stereocenters. The highest BCUT2D eigenvalue weighted by Gasteiger charge is 1.98. The molecule has 0 aliphatic rings. The van der Waals surface area contributed by atoms with Crippen molar-refractivity contribution in [2.75, 3.05) is 13.2 Å². The van der Waals surface area contributed by atoms with Gasteiger partial charge in [0.25, 0.3) is 0 Å². The first-order valence-electron chi connectivity index (χ1n) is 3.87. The molecule has 0 aromatic carbocycles. The summed E-state index contributed by atoms with van der Waals surface area (Å²) in [6, 6.07) is 0. The molecule has 0 saturated heterocycles. The summed E-state index contributed by atoms with van der Waals surface area (Å²) in [4.78, 5) is 10.8. The first-order chi connectivity index (χ1) is 5.81. The minimum absolute atomic E-state index is 0.227. The fraction of sp³-hybridized carbons (Fsp3) is 0.833. The summed E-state index contributed by atoms with van der Waals surface area (Å²) in [5.41, 5.74) is 2.09. The Labute approximate surface area is 72.9 Å². The van der Waals surface area contributed by atoms with Crippen molar-refractivity contribution >= 4 is 18.7 Å². The molecule has 0 fully saturated rings. The average Bonchev–Trinajstić information content (AvgIpc) is 2.09. The molecule has 1 N–H and O–H groups in total. The van der Waals surface area contributed by atoms with Gasteiger partial charge in [-0.05, 0) is 13.3 Å². The molecule has 66 valence electrons. The van der Waals surface area contributed by atoms with Crippen LogP contribution in [0.25, 0.3) is 0 Å². The molecule has 0 spiro atoms. The zero-order chi connectivity index (χ0) is 9.23. The fourth-order valence-electron chi connectivity index (χ4n) is 0.577. The van der Waals surface area contributed by atoms with Crippen LogP contribution in [0.2, 0.25) is 0 Å². The molecule has 0 heterocycles. The summed E-state index contributed by atoms with van der Waals surface area (Å²) in [6.45, 7) is 3.15. The minimum atomic E-state index is -0.227. The quantitative estimate of drug-likeness (QED) is 0.263. The molecule has 0 aliphatic heterocycles. The van der Waals surface area contributed by atoms with Gasteiger partial charge in [0.1, 0.15) is 1.12 Å². The van der Waals surface area contributed by atoms with Crippen LogP contribution in [-0.2, 0) is 13.8 Å². The van der Waals surface area contributed by atoms with Gasteiger partial charge in [-0.25, -0.2) is 9.76 Å². The highest BCUT2D eigenvalue weighted by molar-refractivity contribution is 7.75. The van der Waals surface area contributed by atoms with E-state index in [0.717, 1.165) is 0 Å². The molecular weight excluding hydrogens is 166 g/mol. The molecule has 0 atom stereocenters. The minimum Gasteiger partial charge on any atom is -0.382 e. The maximum absolute atomic E-state index is 10.8. The second-order valence-electron chi connectivity index (χ2n) is 1.91. The lowest BCUT2D eigenvalue weighted by molar-refractivity contribution is -0.127. The van der Waals surface area contributed by atoms with Crippen molar-refractivity contribution in [1.82, 2.24) is 5.48 Å². The van der Waals surface area contributed by atoms with E-state index in [1.54, 1.807) is 0 Å². The monoisotopic (exact) mass is 181 g/mol. The lowest BCUT2D eigenvalue weighted by Gasteiger charge is -2.00. The van der Waals surface area contributed by atoms with Crippen LogP contribution in [0, 0.1) is 0 Å². The van der Waals surface area contributed by atoms with Crippen molar-refractivity contribution in [2.24, 2.45) is 0 Å². The average molecular weight is 181 g/mol. The van der Waals surface area contributed by atoms with Crippen LogP contribution < -0.4 is 5.48 Å². The summed E-state index contributed by atoms with van der Waals surface area (Å²) < 4.78 is 15.8. The Morgan fingerprint density at radius 2 is 2.64 bits per heavy atom. The Bertz CT molecular complexity index is 125. The highest BCUT2D eigenvalue weighted by atomic mass is 32.1. The zero-order valence-corrected chi connectivity index (χ0v) is 7.28. The number of hydroxylamine groups is 1. The standard InChI is InChI=1S/C6H13NO3S/c1-2-9-5-3-4-6(8)7-10-11/h11H,2-5H2,1H3,(H,7,8)/i/hT. The largest absolute Gasteiger partial charge is 0.382 e. The Hall–Kier alpha value is -0.260. The molecule has 0 aromatic rings. The predicted molar refractivity (Wildman–Crippen MR) is 43.9 cm³/mol. The van der Waals surface area contributed by atoms with Gasteiger partial charge in [0, 0.05) is 32.4 Å². The molecule has 0 radical (unpaired) electrons. The maximum Gasteiger partial charge on any atom is 0.244 e. The number of thiol groups is 1. The number of hydrogen-bond donors (Lipinski definition) is 2. The van der Waals surface area contributed by atoms with Gasteiger partial charge in [0.05, 0.1) is 0 Å². The van der Waals surface area contributed by atoms with Crippen molar-refractivity contribution in [1.29, 1.82) is 1.12 Å². The Kier molecular flexibility index (Phi) is 6.30. The first kappa shape index (κ1) is 8.83. The van der Waals surface area contributed by atoms with E-state index in [0.29, 0.717) is 38.9 Å². The second kappa shape index (κ2) is 7.84. The molecule has 11 heavy (non-hydrogen) atoms. The predicted octanol–water partition coefficient (Wildman–Crippen LogP) is 0.696. The number of amides is 1. The highest BCUT2D eigenvalue weighted by Crippen LogP contribution is 1.90. The third-order valence-corrected chi connectivity index (χ3v) is 1.14. The van der Waals surface area contributed by atoms with Gasteiger partial charge in [0.15, 0.2) is 0 Å². The molecule has 0 saturated carbocycles. The van der Waals surface area contributed by atoms with Crippen molar-refractivity contribution in [3.05, 3.63) is 0 Å². The van der Waals surface area contributed by atoms with E-state index in [1.165, 1.54) is 0 Å². The van der Waals surface area contributed by atoms with Crippen molar-refractivity contribution in [3.8, 4) is 0 Å². The molecule has 0 aromatic heterocycles. The summed E-state index contributed by atoms with van der Waals surface area (Å²) in [6.07, 6.45) is 1.03.